The molecule has 2 aromatic heterocycles. The fourth-order valence-electron chi connectivity index (χ4n) is 3.21. The van der Waals surface area contributed by atoms with Crippen molar-refractivity contribution in [2.75, 3.05) is 13.1 Å². The molecule has 0 aromatic carbocycles. The van der Waals surface area contributed by atoms with E-state index >= 15 is 0 Å². The minimum Gasteiger partial charge on any atom is -0.373 e. The minimum atomic E-state index is -5.00. The van der Waals surface area contributed by atoms with Gasteiger partial charge in [-0.3, -0.25) is 4.79 Å². The highest BCUT2D eigenvalue weighted by Crippen LogP contribution is 2.34. The smallest absolute Gasteiger partial charge is 0.373 e. The van der Waals surface area contributed by atoms with Crippen LogP contribution in [0.4, 0.5) is 13.2 Å². The molecule has 0 bridgehead atoms. The summed E-state index contributed by atoms with van der Waals surface area (Å²) in [5, 5.41) is 13.9. The predicted octanol–water partition coefficient (Wildman–Crippen LogP) is 2.60. The predicted molar refractivity (Wildman–Crippen MR) is 91.3 cm³/mol. The third-order valence-corrected chi connectivity index (χ3v) is 4.95. The molecule has 3 heterocycles. The van der Waals surface area contributed by atoms with Crippen LogP contribution in [0.5, 0.6) is 0 Å². The summed E-state index contributed by atoms with van der Waals surface area (Å²) in [6.45, 7) is 2.72. The van der Waals surface area contributed by atoms with E-state index in [-0.39, 0.29) is 19.0 Å². The Hall–Kier alpha value is -2.42. The van der Waals surface area contributed by atoms with Crippen LogP contribution in [0.3, 0.4) is 0 Å². The molecular weight excluding hydrogens is 361 g/mol. The molecule has 27 heavy (non-hydrogen) atoms. The highest BCUT2D eigenvalue weighted by Gasteiger charge is 2.57. The summed E-state index contributed by atoms with van der Waals surface area (Å²) in [4.78, 5) is 17.5. The van der Waals surface area contributed by atoms with Crippen LogP contribution >= 0.6 is 0 Å². The number of amides is 1. The molecule has 1 aliphatic rings. The summed E-state index contributed by atoms with van der Waals surface area (Å²) >= 11 is 0. The van der Waals surface area contributed by atoms with E-state index in [1.165, 1.54) is 0 Å². The Morgan fingerprint density at radius 1 is 1.22 bits per heavy atom. The van der Waals surface area contributed by atoms with Gasteiger partial charge in [-0.2, -0.15) is 18.3 Å². The standard InChI is InChI=1S/C18H21F3N4O2/c1-12-3-4-15(22-11-12)25-14(5-8-23-25)13-6-9-24(10-7-13)16(26)17(2,27)18(19,20)21/h3-5,8,11,13,27H,6-7,9-10H2,1-2H3. The molecule has 146 valence electrons. The number of nitrogens with zero attached hydrogens (tertiary/aromatic N) is 4. The third-order valence-electron chi connectivity index (χ3n) is 4.95. The molecule has 0 spiro atoms. The highest BCUT2D eigenvalue weighted by atomic mass is 19.4. The molecule has 1 amide bonds. The lowest BCUT2D eigenvalue weighted by Crippen LogP contribution is -2.57. The Morgan fingerprint density at radius 2 is 1.89 bits per heavy atom. The molecule has 0 radical (unpaired) electrons. The second-order valence-electron chi connectivity index (χ2n) is 7.00. The van der Waals surface area contributed by atoms with Crippen molar-refractivity contribution in [1.82, 2.24) is 19.7 Å². The molecule has 1 saturated heterocycles. The number of alkyl halides is 3. The molecule has 1 N–H and O–H groups in total. The largest absolute Gasteiger partial charge is 0.426 e. The number of piperidine rings is 1. The number of likely N-dealkylation sites (tertiary alicyclic amines) is 1. The molecule has 0 aliphatic carbocycles. The zero-order valence-corrected chi connectivity index (χ0v) is 15.1. The van der Waals surface area contributed by atoms with Gasteiger partial charge in [0.1, 0.15) is 0 Å². The SMILES string of the molecule is Cc1ccc(-n2nccc2C2CCN(C(=O)C(C)(O)C(F)(F)F)CC2)nc1. The molecule has 6 nitrogen and oxygen atoms in total. The number of aromatic nitrogens is 3. The van der Waals surface area contributed by atoms with E-state index in [0.717, 1.165) is 16.2 Å². The summed E-state index contributed by atoms with van der Waals surface area (Å²) in [5.41, 5.74) is -1.44. The van der Waals surface area contributed by atoms with Gasteiger partial charge in [0.2, 0.25) is 5.60 Å². The second kappa shape index (κ2) is 6.95. The van der Waals surface area contributed by atoms with Gasteiger partial charge in [0.05, 0.1) is 0 Å². The molecule has 0 saturated carbocycles. The van der Waals surface area contributed by atoms with Gasteiger partial charge in [-0.1, -0.05) is 6.07 Å². The summed E-state index contributed by atoms with van der Waals surface area (Å²) < 4.78 is 40.4. The molecule has 1 atom stereocenters. The lowest BCUT2D eigenvalue weighted by atomic mass is 9.92. The number of pyridine rings is 1. The van der Waals surface area contributed by atoms with Crippen molar-refractivity contribution >= 4 is 5.91 Å². The second-order valence-corrected chi connectivity index (χ2v) is 7.00. The summed E-state index contributed by atoms with van der Waals surface area (Å²) in [6, 6.07) is 5.63. The molecule has 1 fully saturated rings. The summed E-state index contributed by atoms with van der Waals surface area (Å²) in [5.74, 6) is -0.600. The molecular formula is C18H21F3N4O2. The van der Waals surface area contributed by atoms with E-state index in [2.05, 4.69) is 10.1 Å². The molecule has 1 unspecified atom stereocenters. The average molecular weight is 382 g/mol. The fourth-order valence-corrected chi connectivity index (χ4v) is 3.21. The number of rotatable bonds is 3. The zero-order valence-electron chi connectivity index (χ0n) is 15.1. The normalized spacial score (nSPS) is 18.4. The van der Waals surface area contributed by atoms with Crippen LogP contribution in [0.15, 0.2) is 30.6 Å². The topological polar surface area (TPSA) is 71.2 Å². The van der Waals surface area contributed by atoms with Crippen LogP contribution in [0.2, 0.25) is 0 Å². The summed E-state index contributed by atoms with van der Waals surface area (Å²) in [7, 11) is 0. The van der Waals surface area contributed by atoms with Crippen LogP contribution < -0.4 is 0 Å². The van der Waals surface area contributed by atoms with Gasteiger partial charge in [-0.25, -0.2) is 9.67 Å². The van der Waals surface area contributed by atoms with Gasteiger partial charge in [-0.15, -0.1) is 0 Å². The minimum absolute atomic E-state index is 0.0375. The number of aliphatic hydroxyl groups is 1. The lowest BCUT2D eigenvalue weighted by Gasteiger charge is -2.36. The molecule has 2 aromatic rings. The van der Waals surface area contributed by atoms with Crippen LogP contribution in [-0.2, 0) is 4.79 Å². The van der Waals surface area contributed by atoms with Gasteiger partial charge in [-0.05, 0) is 44.4 Å². The van der Waals surface area contributed by atoms with Crippen molar-refractivity contribution in [3.63, 3.8) is 0 Å². The van der Waals surface area contributed by atoms with Crippen LogP contribution in [0.25, 0.3) is 5.82 Å². The third kappa shape index (κ3) is 3.69. The quantitative estimate of drug-likeness (QED) is 0.886. The van der Waals surface area contributed by atoms with Crippen LogP contribution in [-0.4, -0.2) is 55.5 Å². The van der Waals surface area contributed by atoms with E-state index in [9.17, 15) is 23.1 Å². The van der Waals surface area contributed by atoms with Crippen LogP contribution in [0, 0.1) is 6.92 Å². The van der Waals surface area contributed by atoms with E-state index in [4.69, 9.17) is 0 Å². The first-order chi connectivity index (χ1) is 12.6. The number of hydrogen-bond donors (Lipinski definition) is 1. The molecule has 3 rings (SSSR count). The Bertz CT molecular complexity index is 807. The lowest BCUT2D eigenvalue weighted by molar-refractivity contribution is -0.250. The number of carbonyl (C=O) groups excluding carboxylic acids is 1. The van der Waals surface area contributed by atoms with Crippen molar-refractivity contribution in [3.8, 4) is 5.82 Å². The van der Waals surface area contributed by atoms with Crippen molar-refractivity contribution in [2.45, 2.75) is 44.4 Å². The van der Waals surface area contributed by atoms with Gasteiger partial charge >= 0.3 is 6.18 Å². The first kappa shape index (κ1) is 19.3. The van der Waals surface area contributed by atoms with Gasteiger partial charge in [0.15, 0.2) is 5.82 Å². The van der Waals surface area contributed by atoms with E-state index in [1.54, 1.807) is 17.1 Å². The Balaban J connectivity index is 1.71. The average Bonchev–Trinajstić information content (AvgIpc) is 3.10. The van der Waals surface area contributed by atoms with Gasteiger partial charge in [0, 0.05) is 37.1 Å². The van der Waals surface area contributed by atoms with Crippen molar-refractivity contribution in [2.24, 2.45) is 0 Å². The Labute approximate surface area is 154 Å². The van der Waals surface area contributed by atoms with E-state index in [0.29, 0.717) is 25.6 Å². The van der Waals surface area contributed by atoms with Crippen molar-refractivity contribution in [3.05, 3.63) is 41.9 Å². The first-order valence-electron chi connectivity index (χ1n) is 8.66. The maximum absolute atomic E-state index is 12.9. The molecule has 1 aliphatic heterocycles. The maximum atomic E-state index is 12.9. The summed E-state index contributed by atoms with van der Waals surface area (Å²) in [6.07, 6.45) is -0.644. The number of halogens is 3. The number of aryl methyl sites for hydroxylation is 1. The molecule has 9 heteroatoms. The van der Waals surface area contributed by atoms with Crippen molar-refractivity contribution < 1.29 is 23.1 Å². The monoisotopic (exact) mass is 382 g/mol. The van der Waals surface area contributed by atoms with Gasteiger partial charge < -0.3 is 10.0 Å². The zero-order chi connectivity index (χ0) is 19.8. The Kier molecular flexibility index (Phi) is 4.98. The highest BCUT2D eigenvalue weighted by molar-refractivity contribution is 5.85. The van der Waals surface area contributed by atoms with Gasteiger partial charge in [0.25, 0.3) is 5.91 Å². The first-order valence-corrected chi connectivity index (χ1v) is 8.66. The fraction of sp³-hybridized carbons (Fsp3) is 0.500. The maximum Gasteiger partial charge on any atom is 0.426 e. The number of carbonyl (C=O) groups is 1. The van der Waals surface area contributed by atoms with Crippen LogP contribution in [0.1, 0.15) is 36.9 Å². The van der Waals surface area contributed by atoms with E-state index in [1.807, 2.05) is 25.1 Å². The van der Waals surface area contributed by atoms with Crippen molar-refractivity contribution in [1.29, 1.82) is 0 Å². The number of hydrogen-bond acceptors (Lipinski definition) is 4. The Morgan fingerprint density at radius 3 is 2.44 bits per heavy atom. The van der Waals surface area contributed by atoms with E-state index < -0.39 is 17.7 Å².